The van der Waals surface area contributed by atoms with Crippen LogP contribution in [0.1, 0.15) is 18.9 Å². The number of anilines is 1. The van der Waals surface area contributed by atoms with Crippen LogP contribution in [-0.4, -0.2) is 40.5 Å². The van der Waals surface area contributed by atoms with Crippen molar-refractivity contribution in [1.29, 1.82) is 0 Å². The van der Waals surface area contributed by atoms with Gasteiger partial charge in [-0.3, -0.25) is 0 Å². The lowest BCUT2D eigenvalue weighted by molar-refractivity contribution is 0.626. The van der Waals surface area contributed by atoms with Crippen LogP contribution in [0.2, 0.25) is 0 Å². The van der Waals surface area contributed by atoms with Crippen LogP contribution in [0.5, 0.6) is 0 Å². The van der Waals surface area contributed by atoms with Crippen molar-refractivity contribution >= 4 is 28.7 Å². The molecule has 0 radical (unpaired) electrons. The van der Waals surface area contributed by atoms with E-state index in [4.69, 9.17) is 0 Å². The van der Waals surface area contributed by atoms with Crippen LogP contribution in [0.3, 0.4) is 0 Å². The number of benzene rings is 1. The van der Waals surface area contributed by atoms with Crippen molar-refractivity contribution in [2.24, 2.45) is 8.80 Å². The first-order valence-corrected chi connectivity index (χ1v) is 10.2. The van der Waals surface area contributed by atoms with Crippen LogP contribution < -0.4 is 15.5 Å². The lowest BCUT2D eigenvalue weighted by Crippen LogP contribution is -2.39. The molecule has 1 aromatic heterocycles. The van der Waals surface area contributed by atoms with E-state index in [0.717, 1.165) is 24.3 Å². The SMILES string of the molecule is CCNC1=NS(=O)N=C1NCCCN(Cc1ccc(F)cc1)c1ccccn1. The predicted molar refractivity (Wildman–Crippen MR) is 111 cm³/mol. The Balaban J connectivity index is 1.58. The van der Waals surface area contributed by atoms with E-state index in [0.29, 0.717) is 31.3 Å². The Bertz CT molecular complexity index is 856. The van der Waals surface area contributed by atoms with Crippen molar-refractivity contribution in [1.82, 2.24) is 15.6 Å². The highest BCUT2D eigenvalue weighted by atomic mass is 32.2. The van der Waals surface area contributed by atoms with Crippen LogP contribution >= 0.6 is 0 Å². The number of pyridine rings is 1. The van der Waals surface area contributed by atoms with Gasteiger partial charge in [-0.2, -0.15) is 0 Å². The number of likely N-dealkylation sites (N-methyl/N-ethyl adjacent to an activating group) is 1. The van der Waals surface area contributed by atoms with Crippen LogP contribution in [0.25, 0.3) is 0 Å². The highest BCUT2D eigenvalue weighted by Gasteiger charge is 2.17. The average molecular weight is 402 g/mol. The van der Waals surface area contributed by atoms with Gasteiger partial charge >= 0.3 is 0 Å². The van der Waals surface area contributed by atoms with Crippen molar-refractivity contribution in [3.8, 4) is 0 Å². The Morgan fingerprint density at radius 3 is 2.50 bits per heavy atom. The Labute approximate surface area is 166 Å². The minimum Gasteiger partial charge on any atom is -0.367 e. The molecule has 0 amide bonds. The highest BCUT2D eigenvalue weighted by molar-refractivity contribution is 7.83. The maximum Gasteiger partial charge on any atom is 0.269 e. The molecule has 1 aliphatic rings. The van der Waals surface area contributed by atoms with Crippen LogP contribution in [0, 0.1) is 5.82 Å². The molecule has 7 nitrogen and oxygen atoms in total. The topological polar surface area (TPSA) is 82.0 Å². The summed E-state index contributed by atoms with van der Waals surface area (Å²) in [5.41, 5.74) is 1.01. The molecule has 28 heavy (non-hydrogen) atoms. The third-order valence-electron chi connectivity index (χ3n) is 4.06. The molecule has 0 fully saturated rings. The van der Waals surface area contributed by atoms with E-state index in [2.05, 4.69) is 29.3 Å². The second-order valence-electron chi connectivity index (χ2n) is 6.16. The second-order valence-corrected chi connectivity index (χ2v) is 6.98. The number of hydrogen-bond acceptors (Lipinski definition) is 5. The largest absolute Gasteiger partial charge is 0.367 e. The smallest absolute Gasteiger partial charge is 0.269 e. The molecule has 1 aliphatic heterocycles. The zero-order chi connectivity index (χ0) is 19.8. The molecule has 1 atom stereocenters. The zero-order valence-electron chi connectivity index (χ0n) is 15.6. The summed E-state index contributed by atoms with van der Waals surface area (Å²) in [5, 5.41) is 6.24. The number of hydrogen-bond donors (Lipinski definition) is 2. The minimum absolute atomic E-state index is 0.245. The van der Waals surface area contributed by atoms with Crippen LogP contribution in [0.4, 0.5) is 10.2 Å². The first-order chi connectivity index (χ1) is 13.7. The average Bonchev–Trinajstić information content (AvgIpc) is 3.06. The summed E-state index contributed by atoms with van der Waals surface area (Å²) < 4.78 is 32.6. The Morgan fingerprint density at radius 1 is 1.07 bits per heavy atom. The number of rotatable bonds is 8. The number of amidine groups is 2. The molecule has 3 rings (SSSR count). The van der Waals surface area contributed by atoms with Gasteiger partial charge in [-0.15, -0.1) is 8.80 Å². The van der Waals surface area contributed by atoms with Gasteiger partial charge in [0.15, 0.2) is 11.7 Å². The first kappa shape index (κ1) is 19.9. The fourth-order valence-electron chi connectivity index (χ4n) is 2.76. The summed E-state index contributed by atoms with van der Waals surface area (Å²) in [5.74, 6) is 1.68. The maximum atomic E-state index is 13.2. The van der Waals surface area contributed by atoms with Crippen LogP contribution in [-0.2, 0) is 17.7 Å². The minimum atomic E-state index is -1.56. The molecule has 148 valence electrons. The standard InChI is InChI=1S/C19H23FN6OS/c1-2-21-18-19(25-28(27)24-18)23-12-5-13-26(17-6-3-4-11-22-17)14-15-7-9-16(20)10-8-15/h3-4,6-11H,2,5,12-14H2,1H3,(H,21,24)(H,23,25). The van der Waals surface area contributed by atoms with Gasteiger partial charge in [0, 0.05) is 32.4 Å². The highest BCUT2D eigenvalue weighted by Crippen LogP contribution is 2.15. The van der Waals surface area contributed by atoms with Gasteiger partial charge in [0.1, 0.15) is 11.6 Å². The molecule has 1 unspecified atom stereocenters. The van der Waals surface area contributed by atoms with Gasteiger partial charge in [0.25, 0.3) is 11.2 Å². The monoisotopic (exact) mass is 402 g/mol. The van der Waals surface area contributed by atoms with Gasteiger partial charge in [-0.1, -0.05) is 18.2 Å². The predicted octanol–water partition coefficient (Wildman–Crippen LogP) is 2.21. The summed E-state index contributed by atoms with van der Waals surface area (Å²) in [6.07, 6.45) is 2.57. The number of halogens is 1. The number of aromatic nitrogens is 1. The lowest BCUT2D eigenvalue weighted by atomic mass is 10.2. The quantitative estimate of drug-likeness (QED) is 0.662. The molecule has 0 saturated heterocycles. The van der Waals surface area contributed by atoms with Crippen LogP contribution in [0.15, 0.2) is 57.5 Å². The van der Waals surface area contributed by atoms with E-state index in [9.17, 15) is 8.60 Å². The molecule has 2 N–H and O–H groups in total. The number of nitrogens with one attached hydrogen (secondary N) is 2. The fraction of sp³-hybridized carbons (Fsp3) is 0.316. The van der Waals surface area contributed by atoms with Crippen molar-refractivity contribution < 1.29 is 8.60 Å². The Hall–Kier alpha value is -2.81. The molecule has 0 bridgehead atoms. The molecule has 0 saturated carbocycles. The molecule has 0 spiro atoms. The summed E-state index contributed by atoms with van der Waals surface area (Å²) in [6, 6.07) is 12.3. The van der Waals surface area contributed by atoms with E-state index < -0.39 is 11.2 Å². The van der Waals surface area contributed by atoms with E-state index in [1.807, 2.05) is 25.1 Å². The molecule has 0 aliphatic carbocycles. The lowest BCUT2D eigenvalue weighted by Gasteiger charge is -2.24. The molecular weight excluding hydrogens is 379 g/mol. The number of nitrogens with zero attached hydrogens (tertiary/aromatic N) is 4. The van der Waals surface area contributed by atoms with Gasteiger partial charge in [-0.25, -0.2) is 13.6 Å². The zero-order valence-corrected chi connectivity index (χ0v) is 16.5. The summed E-state index contributed by atoms with van der Waals surface area (Å²) >= 11 is -1.56. The normalized spacial score (nSPS) is 15.7. The van der Waals surface area contributed by atoms with E-state index in [1.54, 1.807) is 18.3 Å². The third-order valence-corrected chi connectivity index (χ3v) is 4.74. The Kier molecular flexibility index (Phi) is 7.07. The molecule has 2 aromatic rings. The van der Waals surface area contributed by atoms with Crippen molar-refractivity contribution in [2.45, 2.75) is 19.9 Å². The fourth-order valence-corrected chi connectivity index (χ4v) is 3.42. The van der Waals surface area contributed by atoms with E-state index in [1.165, 1.54) is 12.1 Å². The van der Waals surface area contributed by atoms with Gasteiger partial charge < -0.3 is 15.5 Å². The first-order valence-electron chi connectivity index (χ1n) is 9.13. The maximum absolute atomic E-state index is 13.2. The van der Waals surface area contributed by atoms with E-state index >= 15 is 0 Å². The summed E-state index contributed by atoms with van der Waals surface area (Å²) in [4.78, 5) is 6.58. The summed E-state index contributed by atoms with van der Waals surface area (Å²) in [7, 11) is 0. The van der Waals surface area contributed by atoms with Gasteiger partial charge in [0.05, 0.1) is 0 Å². The van der Waals surface area contributed by atoms with Crippen molar-refractivity contribution in [3.63, 3.8) is 0 Å². The van der Waals surface area contributed by atoms with E-state index in [-0.39, 0.29) is 5.82 Å². The molecule has 1 aromatic carbocycles. The van der Waals surface area contributed by atoms with Crippen molar-refractivity contribution in [2.75, 3.05) is 24.5 Å². The van der Waals surface area contributed by atoms with Gasteiger partial charge in [-0.05, 0) is 43.2 Å². The second kappa shape index (κ2) is 9.93. The third kappa shape index (κ3) is 5.59. The summed E-state index contributed by atoms with van der Waals surface area (Å²) in [6.45, 7) is 4.65. The molecule has 2 heterocycles. The molecule has 9 heteroatoms. The van der Waals surface area contributed by atoms with Crippen molar-refractivity contribution in [3.05, 3.63) is 60.0 Å². The van der Waals surface area contributed by atoms with Gasteiger partial charge in [0.2, 0.25) is 0 Å². The Morgan fingerprint density at radius 2 is 1.82 bits per heavy atom. The molecular formula is C19H23FN6OS.